The number of hydrogen-bond donors (Lipinski definition) is 2. The lowest BCUT2D eigenvalue weighted by Crippen LogP contribution is -2.44. The molecule has 0 aliphatic heterocycles. The van der Waals surface area contributed by atoms with E-state index in [1.165, 1.54) is 24.3 Å². The van der Waals surface area contributed by atoms with Crippen LogP contribution in [0.5, 0.6) is 0 Å². The molecule has 3 N–H and O–H groups in total. The van der Waals surface area contributed by atoms with Crippen molar-refractivity contribution in [3.8, 4) is 12.3 Å². The molecule has 1 aromatic carbocycles. The highest BCUT2D eigenvalue weighted by molar-refractivity contribution is 5.87. The maximum atomic E-state index is 12.7. The number of amides is 2. The van der Waals surface area contributed by atoms with Crippen LogP contribution in [0.25, 0.3) is 0 Å². The largest absolute Gasteiger partial charge is 0.368 e. The van der Waals surface area contributed by atoms with Crippen molar-refractivity contribution in [3.63, 3.8) is 0 Å². The minimum atomic E-state index is -0.726. The fraction of sp³-hybridized carbons (Fsp3) is 0.333. The zero-order valence-corrected chi connectivity index (χ0v) is 11.1. The molecule has 106 valence electrons. The number of hydrogen-bond acceptors (Lipinski definition) is 2. The number of benzene rings is 1. The molecule has 1 aromatic rings. The summed E-state index contributed by atoms with van der Waals surface area (Å²) in [4.78, 5) is 23.0. The van der Waals surface area contributed by atoms with Gasteiger partial charge in [-0.2, -0.15) is 0 Å². The highest BCUT2D eigenvalue weighted by atomic mass is 19.1. The molecule has 0 bridgehead atoms. The zero-order valence-electron chi connectivity index (χ0n) is 11.1. The topological polar surface area (TPSA) is 72.2 Å². The van der Waals surface area contributed by atoms with E-state index in [9.17, 15) is 14.0 Å². The van der Waals surface area contributed by atoms with Gasteiger partial charge in [-0.1, -0.05) is 12.1 Å². The van der Waals surface area contributed by atoms with Gasteiger partial charge in [0.2, 0.25) is 11.8 Å². The Kier molecular flexibility index (Phi) is 6.24. The molecule has 0 unspecified atom stereocenters. The van der Waals surface area contributed by atoms with Crippen LogP contribution >= 0.6 is 0 Å². The van der Waals surface area contributed by atoms with Crippen molar-refractivity contribution in [2.75, 3.05) is 0 Å². The monoisotopic (exact) mass is 276 g/mol. The molecule has 0 aliphatic carbocycles. The van der Waals surface area contributed by atoms with Crippen molar-refractivity contribution in [2.24, 2.45) is 5.73 Å². The van der Waals surface area contributed by atoms with Crippen LogP contribution in [0.2, 0.25) is 0 Å². The lowest BCUT2D eigenvalue weighted by molar-refractivity contribution is -0.127. The first-order valence-corrected chi connectivity index (χ1v) is 6.29. The predicted octanol–water partition coefficient (Wildman–Crippen LogP) is 1.14. The van der Waals surface area contributed by atoms with Crippen LogP contribution in [0.4, 0.5) is 4.39 Å². The molecular weight excluding hydrogens is 259 g/mol. The smallest absolute Gasteiger partial charge is 0.240 e. The summed E-state index contributed by atoms with van der Waals surface area (Å²) in [6.45, 7) is 0. The van der Waals surface area contributed by atoms with Crippen molar-refractivity contribution in [1.82, 2.24) is 5.32 Å². The molecule has 20 heavy (non-hydrogen) atoms. The van der Waals surface area contributed by atoms with Gasteiger partial charge in [-0.15, -0.1) is 12.3 Å². The molecule has 4 nitrogen and oxygen atoms in total. The second kappa shape index (κ2) is 7.95. The van der Waals surface area contributed by atoms with Crippen LogP contribution in [0.1, 0.15) is 24.8 Å². The molecular formula is C15H17FN2O2. The fourth-order valence-corrected chi connectivity index (χ4v) is 1.73. The summed E-state index contributed by atoms with van der Waals surface area (Å²) in [6.07, 6.45) is 6.74. The third kappa shape index (κ3) is 5.53. The van der Waals surface area contributed by atoms with Gasteiger partial charge in [0.15, 0.2) is 0 Å². The van der Waals surface area contributed by atoms with Crippen molar-refractivity contribution in [2.45, 2.75) is 31.7 Å². The van der Waals surface area contributed by atoms with E-state index in [0.717, 1.165) is 0 Å². The van der Waals surface area contributed by atoms with Gasteiger partial charge in [-0.25, -0.2) is 4.39 Å². The highest BCUT2D eigenvalue weighted by Gasteiger charge is 2.17. The van der Waals surface area contributed by atoms with Crippen LogP contribution in [-0.2, 0) is 16.0 Å². The minimum absolute atomic E-state index is 0.0686. The lowest BCUT2D eigenvalue weighted by Gasteiger charge is -2.14. The molecule has 1 atom stereocenters. The molecule has 0 aliphatic rings. The molecule has 0 heterocycles. The summed E-state index contributed by atoms with van der Waals surface area (Å²) in [7, 11) is 0. The van der Waals surface area contributed by atoms with Gasteiger partial charge in [-0.3, -0.25) is 9.59 Å². The van der Waals surface area contributed by atoms with E-state index in [4.69, 9.17) is 12.2 Å². The van der Waals surface area contributed by atoms with Crippen molar-refractivity contribution < 1.29 is 14.0 Å². The normalized spacial score (nSPS) is 11.4. The van der Waals surface area contributed by atoms with Gasteiger partial charge in [0, 0.05) is 6.42 Å². The number of halogens is 1. The summed E-state index contributed by atoms with van der Waals surface area (Å²) < 4.78 is 12.7. The first-order chi connectivity index (χ1) is 9.52. The Morgan fingerprint density at radius 2 is 2.00 bits per heavy atom. The third-order valence-electron chi connectivity index (χ3n) is 2.77. The quantitative estimate of drug-likeness (QED) is 0.579. The number of rotatable bonds is 7. The molecule has 0 spiro atoms. The van der Waals surface area contributed by atoms with E-state index in [-0.39, 0.29) is 18.1 Å². The van der Waals surface area contributed by atoms with Gasteiger partial charge in [0.1, 0.15) is 11.9 Å². The number of nitrogens with one attached hydrogen (secondary N) is 1. The summed E-state index contributed by atoms with van der Waals surface area (Å²) in [6, 6.07) is 4.87. The summed E-state index contributed by atoms with van der Waals surface area (Å²) in [5.41, 5.74) is 5.89. The van der Waals surface area contributed by atoms with E-state index in [0.29, 0.717) is 24.8 Å². The maximum Gasteiger partial charge on any atom is 0.240 e. The maximum absolute atomic E-state index is 12.7. The number of nitrogens with two attached hydrogens (primary N) is 1. The molecule has 2 amide bonds. The number of carbonyl (C=O) groups is 2. The average Bonchev–Trinajstić information content (AvgIpc) is 2.40. The SMILES string of the molecule is C#CCCC[C@@H](NC(=O)Cc1ccc(F)cc1)C(N)=O. The standard InChI is InChI=1S/C15H17FN2O2/c1-2-3-4-5-13(15(17)20)18-14(19)10-11-6-8-12(16)9-7-11/h1,6-9,13H,3-5,10H2,(H2,17,20)(H,18,19)/t13-/m1/s1. The summed E-state index contributed by atoms with van der Waals surface area (Å²) in [5.74, 6) is 1.18. The van der Waals surface area contributed by atoms with E-state index in [1.54, 1.807) is 0 Å². The number of primary amides is 1. The molecule has 0 saturated heterocycles. The Morgan fingerprint density at radius 3 is 2.55 bits per heavy atom. The van der Waals surface area contributed by atoms with Crippen LogP contribution in [-0.4, -0.2) is 17.9 Å². The highest BCUT2D eigenvalue weighted by Crippen LogP contribution is 2.05. The Bertz CT molecular complexity index is 506. The minimum Gasteiger partial charge on any atom is -0.368 e. The predicted molar refractivity (Wildman–Crippen MR) is 73.9 cm³/mol. The molecule has 0 radical (unpaired) electrons. The van der Waals surface area contributed by atoms with Crippen LogP contribution in [0, 0.1) is 18.2 Å². The van der Waals surface area contributed by atoms with Crippen LogP contribution < -0.4 is 11.1 Å². The van der Waals surface area contributed by atoms with Gasteiger partial charge >= 0.3 is 0 Å². The Hall–Kier alpha value is -2.35. The molecule has 0 aromatic heterocycles. The lowest BCUT2D eigenvalue weighted by atomic mass is 10.1. The van der Waals surface area contributed by atoms with Gasteiger partial charge in [0.25, 0.3) is 0 Å². The van der Waals surface area contributed by atoms with Gasteiger partial charge < -0.3 is 11.1 Å². The van der Waals surface area contributed by atoms with Gasteiger partial charge in [-0.05, 0) is 30.5 Å². The van der Waals surface area contributed by atoms with Gasteiger partial charge in [0.05, 0.1) is 6.42 Å². The van der Waals surface area contributed by atoms with E-state index in [1.807, 2.05) is 0 Å². The number of carbonyl (C=O) groups excluding carboxylic acids is 2. The first-order valence-electron chi connectivity index (χ1n) is 6.29. The Morgan fingerprint density at radius 1 is 1.35 bits per heavy atom. The van der Waals surface area contributed by atoms with E-state index >= 15 is 0 Å². The third-order valence-corrected chi connectivity index (χ3v) is 2.77. The second-order valence-corrected chi connectivity index (χ2v) is 4.42. The van der Waals surface area contributed by atoms with Crippen molar-refractivity contribution in [1.29, 1.82) is 0 Å². The Labute approximate surface area is 117 Å². The average molecular weight is 276 g/mol. The van der Waals surface area contributed by atoms with E-state index in [2.05, 4.69) is 11.2 Å². The van der Waals surface area contributed by atoms with Crippen molar-refractivity contribution >= 4 is 11.8 Å². The zero-order chi connectivity index (χ0) is 15.0. The molecule has 0 saturated carbocycles. The summed E-state index contributed by atoms with van der Waals surface area (Å²) in [5, 5.41) is 2.56. The van der Waals surface area contributed by atoms with E-state index < -0.39 is 11.9 Å². The fourth-order valence-electron chi connectivity index (χ4n) is 1.73. The van der Waals surface area contributed by atoms with Crippen LogP contribution in [0.15, 0.2) is 24.3 Å². The first kappa shape index (κ1) is 15.7. The van der Waals surface area contributed by atoms with Crippen molar-refractivity contribution in [3.05, 3.63) is 35.6 Å². The number of unbranched alkanes of at least 4 members (excludes halogenated alkanes) is 1. The van der Waals surface area contributed by atoms with Crippen LogP contribution in [0.3, 0.4) is 0 Å². The number of terminal acetylenes is 1. The molecule has 0 fully saturated rings. The molecule has 1 rings (SSSR count). The molecule has 5 heteroatoms. The second-order valence-electron chi connectivity index (χ2n) is 4.42. The Balaban J connectivity index is 2.51. The summed E-state index contributed by atoms with van der Waals surface area (Å²) >= 11 is 0.